The highest BCUT2D eigenvalue weighted by atomic mass is 16.6. The normalized spacial score (nSPS) is 13.9. The summed E-state index contributed by atoms with van der Waals surface area (Å²) in [5.74, 6) is -0.903. The third-order valence-corrected chi connectivity index (χ3v) is 2.53. The van der Waals surface area contributed by atoms with Gasteiger partial charge < -0.3 is 4.74 Å². The fourth-order valence-corrected chi connectivity index (χ4v) is 1.27. The number of carbonyl (C=O) groups excluding carboxylic acids is 2. The Balaban J connectivity index is 4.23. The van der Waals surface area contributed by atoms with E-state index in [0.717, 1.165) is 0 Å². The zero-order chi connectivity index (χ0) is 12.7. The number of carbonyl (C=O) groups is 2. The van der Waals surface area contributed by atoms with Gasteiger partial charge in [0.1, 0.15) is 5.78 Å². The van der Waals surface area contributed by atoms with Crippen LogP contribution in [0.15, 0.2) is 0 Å². The van der Waals surface area contributed by atoms with Gasteiger partial charge in [-0.25, -0.2) is 0 Å². The van der Waals surface area contributed by atoms with Gasteiger partial charge in [0.2, 0.25) is 6.04 Å². The molecule has 6 heteroatoms. The number of hydrogen-bond donors (Lipinski definition) is 0. The third-order valence-electron chi connectivity index (χ3n) is 2.53. The smallest absolute Gasteiger partial charge is 0.305 e. The van der Waals surface area contributed by atoms with Gasteiger partial charge >= 0.3 is 5.97 Å². The molecule has 0 aromatic rings. The molecule has 0 aliphatic heterocycles. The molecule has 2 atom stereocenters. The Hall–Kier alpha value is -1.46. The van der Waals surface area contributed by atoms with Crippen LogP contribution in [0.2, 0.25) is 0 Å². The minimum Gasteiger partial charge on any atom is -0.469 e. The van der Waals surface area contributed by atoms with Crippen molar-refractivity contribution in [2.45, 2.75) is 39.2 Å². The van der Waals surface area contributed by atoms with E-state index in [9.17, 15) is 19.7 Å². The van der Waals surface area contributed by atoms with E-state index in [0.29, 0.717) is 0 Å². The average Bonchev–Trinajstić information content (AvgIpc) is 2.22. The lowest BCUT2D eigenvalue weighted by molar-refractivity contribution is -0.525. The summed E-state index contributed by atoms with van der Waals surface area (Å²) in [6, 6.07) is -0.863. The van der Waals surface area contributed by atoms with Crippen molar-refractivity contribution >= 4 is 11.8 Å². The van der Waals surface area contributed by atoms with E-state index in [1.165, 1.54) is 14.0 Å². The molecule has 0 amide bonds. The van der Waals surface area contributed by atoms with E-state index in [1.807, 2.05) is 0 Å². The van der Waals surface area contributed by atoms with Crippen LogP contribution >= 0.6 is 0 Å². The number of ether oxygens (including phenoxy) is 1. The number of nitrogens with zero attached hydrogens (tertiary/aromatic N) is 1. The second-order valence-corrected chi connectivity index (χ2v) is 3.80. The van der Waals surface area contributed by atoms with Crippen molar-refractivity contribution in [3.8, 4) is 0 Å². The van der Waals surface area contributed by atoms with Crippen molar-refractivity contribution in [2.75, 3.05) is 7.11 Å². The summed E-state index contributed by atoms with van der Waals surface area (Å²) in [5.41, 5.74) is 0. The molecule has 0 aliphatic carbocycles. The minimum absolute atomic E-state index is 0.00672. The lowest BCUT2D eigenvalue weighted by Gasteiger charge is -2.12. The molecule has 6 nitrogen and oxygen atoms in total. The van der Waals surface area contributed by atoms with Gasteiger partial charge in [0, 0.05) is 23.7 Å². The van der Waals surface area contributed by atoms with Crippen LogP contribution in [0.1, 0.15) is 33.1 Å². The van der Waals surface area contributed by atoms with Crippen molar-refractivity contribution in [3.05, 3.63) is 10.1 Å². The number of hydrogen-bond acceptors (Lipinski definition) is 5. The topological polar surface area (TPSA) is 86.5 Å². The first-order chi connectivity index (χ1) is 7.38. The Bertz CT molecular complexity index is 276. The van der Waals surface area contributed by atoms with Gasteiger partial charge in [-0.05, 0) is 6.92 Å². The number of esters is 1. The SMILES string of the molecule is COC(=O)CCC(CC(C)C(C)=O)[N+](=O)[O-]. The van der Waals surface area contributed by atoms with Crippen LogP contribution in [0.3, 0.4) is 0 Å². The molecule has 0 aromatic carbocycles. The Labute approximate surface area is 94.1 Å². The number of rotatable bonds is 7. The van der Waals surface area contributed by atoms with Gasteiger partial charge in [-0.1, -0.05) is 6.92 Å². The molecule has 0 N–H and O–H groups in total. The highest BCUT2D eigenvalue weighted by Crippen LogP contribution is 2.14. The first kappa shape index (κ1) is 14.5. The molecule has 0 aliphatic rings. The molecule has 2 unspecified atom stereocenters. The average molecular weight is 231 g/mol. The summed E-state index contributed by atoms with van der Waals surface area (Å²) < 4.78 is 4.40. The summed E-state index contributed by atoms with van der Waals surface area (Å²) >= 11 is 0. The van der Waals surface area contributed by atoms with Crippen LogP contribution in [0, 0.1) is 16.0 Å². The molecule has 0 spiro atoms. The lowest BCUT2D eigenvalue weighted by atomic mass is 9.96. The molecule has 0 aromatic heterocycles. The van der Waals surface area contributed by atoms with Crippen molar-refractivity contribution in [3.63, 3.8) is 0 Å². The second-order valence-electron chi connectivity index (χ2n) is 3.80. The van der Waals surface area contributed by atoms with E-state index < -0.39 is 16.9 Å². The van der Waals surface area contributed by atoms with Crippen molar-refractivity contribution in [1.82, 2.24) is 0 Å². The summed E-state index contributed by atoms with van der Waals surface area (Å²) in [6.07, 6.45) is 0.281. The van der Waals surface area contributed by atoms with E-state index in [-0.39, 0.29) is 31.0 Å². The zero-order valence-corrected chi connectivity index (χ0v) is 9.76. The highest BCUT2D eigenvalue weighted by molar-refractivity contribution is 5.77. The summed E-state index contributed by atoms with van der Waals surface area (Å²) in [7, 11) is 1.24. The van der Waals surface area contributed by atoms with Crippen LogP contribution in [0.5, 0.6) is 0 Å². The van der Waals surface area contributed by atoms with Crippen molar-refractivity contribution in [2.24, 2.45) is 5.92 Å². The molecule has 0 heterocycles. The van der Waals surface area contributed by atoms with Crippen LogP contribution < -0.4 is 0 Å². The first-order valence-corrected chi connectivity index (χ1v) is 5.09. The van der Waals surface area contributed by atoms with E-state index in [4.69, 9.17) is 0 Å². The lowest BCUT2D eigenvalue weighted by Crippen LogP contribution is -2.25. The predicted molar refractivity (Wildman–Crippen MR) is 56.5 cm³/mol. The van der Waals surface area contributed by atoms with E-state index in [2.05, 4.69) is 4.74 Å². The van der Waals surface area contributed by atoms with Gasteiger partial charge in [-0.2, -0.15) is 0 Å². The van der Waals surface area contributed by atoms with E-state index in [1.54, 1.807) is 6.92 Å². The Kier molecular flexibility index (Phi) is 6.29. The summed E-state index contributed by atoms with van der Waals surface area (Å²) in [5, 5.41) is 10.7. The van der Waals surface area contributed by atoms with Crippen LogP contribution in [0.25, 0.3) is 0 Å². The molecule has 0 saturated carbocycles. The summed E-state index contributed by atoms with van der Waals surface area (Å²) in [6.45, 7) is 3.05. The fraction of sp³-hybridized carbons (Fsp3) is 0.800. The van der Waals surface area contributed by atoms with E-state index >= 15 is 0 Å². The second kappa shape index (κ2) is 6.92. The molecular formula is C10H17NO5. The molecule has 0 radical (unpaired) electrons. The Morgan fingerprint density at radius 3 is 2.38 bits per heavy atom. The van der Waals surface area contributed by atoms with Crippen LogP contribution in [-0.2, 0) is 14.3 Å². The molecule has 0 fully saturated rings. The fourth-order valence-electron chi connectivity index (χ4n) is 1.27. The standard InChI is InChI=1S/C10H17NO5/c1-7(8(2)12)6-9(11(14)15)4-5-10(13)16-3/h7,9H,4-6H2,1-3H3. The molecule has 92 valence electrons. The zero-order valence-electron chi connectivity index (χ0n) is 9.76. The quantitative estimate of drug-likeness (QED) is 0.373. The molecule has 0 bridgehead atoms. The first-order valence-electron chi connectivity index (χ1n) is 5.09. The van der Waals surface area contributed by atoms with Crippen molar-refractivity contribution < 1.29 is 19.2 Å². The maximum absolute atomic E-state index is 11.0. The minimum atomic E-state index is -0.863. The van der Waals surface area contributed by atoms with Gasteiger partial charge in [-0.3, -0.25) is 19.7 Å². The predicted octanol–water partition coefficient (Wildman–Crippen LogP) is 1.20. The van der Waals surface area contributed by atoms with Gasteiger partial charge in [0.05, 0.1) is 13.5 Å². The van der Waals surface area contributed by atoms with Crippen LogP contribution in [-0.4, -0.2) is 29.8 Å². The molecule has 16 heavy (non-hydrogen) atoms. The highest BCUT2D eigenvalue weighted by Gasteiger charge is 2.25. The monoisotopic (exact) mass is 231 g/mol. The molecular weight excluding hydrogens is 214 g/mol. The number of ketones is 1. The largest absolute Gasteiger partial charge is 0.469 e. The Morgan fingerprint density at radius 2 is 2.00 bits per heavy atom. The van der Waals surface area contributed by atoms with Crippen molar-refractivity contribution in [1.29, 1.82) is 0 Å². The maximum Gasteiger partial charge on any atom is 0.305 e. The Morgan fingerprint density at radius 1 is 1.44 bits per heavy atom. The maximum atomic E-state index is 11.0. The van der Waals surface area contributed by atoms with Crippen LogP contribution in [0.4, 0.5) is 0 Å². The van der Waals surface area contributed by atoms with Gasteiger partial charge in [0.15, 0.2) is 0 Å². The van der Waals surface area contributed by atoms with Gasteiger partial charge in [0.25, 0.3) is 0 Å². The third kappa shape index (κ3) is 5.43. The molecule has 0 saturated heterocycles. The molecule has 0 rings (SSSR count). The van der Waals surface area contributed by atoms with Gasteiger partial charge in [-0.15, -0.1) is 0 Å². The summed E-state index contributed by atoms with van der Waals surface area (Å²) in [4.78, 5) is 32.1. The number of Topliss-reactive ketones (excluding diaryl/α,β-unsaturated/α-hetero) is 1. The number of methoxy groups -OCH3 is 1. The number of nitro groups is 1.